The van der Waals surface area contributed by atoms with Crippen molar-refractivity contribution < 1.29 is 4.79 Å². The Morgan fingerprint density at radius 1 is 1.16 bits per heavy atom. The number of hydrogen-bond donors (Lipinski definition) is 3. The number of hydrogen-bond acceptors (Lipinski definition) is 7. The Morgan fingerprint density at radius 2 is 2.03 bits per heavy atom. The Morgan fingerprint density at radius 3 is 2.84 bits per heavy atom. The fraction of sp³-hybridized carbons (Fsp3) is 0.333. The van der Waals surface area contributed by atoms with Gasteiger partial charge in [-0.1, -0.05) is 42.1 Å². The highest BCUT2D eigenvalue weighted by Gasteiger charge is 2.44. The number of amidine groups is 1. The van der Waals surface area contributed by atoms with Gasteiger partial charge in [-0.05, 0) is 61.6 Å². The van der Waals surface area contributed by atoms with Gasteiger partial charge in [-0.15, -0.1) is 0 Å². The van der Waals surface area contributed by atoms with Crippen molar-refractivity contribution in [2.45, 2.75) is 45.4 Å². The third-order valence-corrected chi connectivity index (χ3v) is 7.24. The van der Waals surface area contributed by atoms with Crippen molar-refractivity contribution in [2.75, 3.05) is 11.1 Å². The average molecular weight is 449 g/mol. The fourth-order valence-corrected chi connectivity index (χ4v) is 5.17. The van der Waals surface area contributed by atoms with Crippen molar-refractivity contribution in [2.24, 2.45) is 5.10 Å². The quantitative estimate of drug-likeness (QED) is 0.664. The number of benzene rings is 2. The molecule has 1 saturated heterocycles. The Balaban J connectivity index is 1.19. The van der Waals surface area contributed by atoms with Crippen molar-refractivity contribution in [3.63, 3.8) is 0 Å². The molecule has 3 atom stereocenters. The molecule has 8 heteroatoms. The molecule has 166 valence electrons. The van der Waals surface area contributed by atoms with Crippen LogP contribution in [0.4, 0.5) is 5.69 Å². The molecule has 5 rings (SSSR count). The number of hydrazine groups is 1. The van der Waals surface area contributed by atoms with E-state index in [0.29, 0.717) is 5.75 Å². The van der Waals surface area contributed by atoms with Gasteiger partial charge in [0.25, 0.3) is 0 Å². The molecular weight excluding hydrogens is 420 g/mol. The summed E-state index contributed by atoms with van der Waals surface area (Å²) in [5.74, 6) is 0.273. The highest BCUT2D eigenvalue weighted by molar-refractivity contribution is 8.14. The second kappa shape index (κ2) is 8.52. The first kappa shape index (κ1) is 20.9. The van der Waals surface area contributed by atoms with Crippen LogP contribution < -0.4 is 16.2 Å². The standard InChI is InChI=1S/C24H28N6OS/c1-15-5-4-6-19(11-15)25-22(31)14-32-24-27-26-23-21-13-20(28-30(21)10-9-29(23)24)18-8-7-16(2)17(3)12-18/h4-12,20-21,23,26,28H,13-14H2,1-3H3,(H,25,31). The van der Waals surface area contributed by atoms with E-state index in [1.807, 2.05) is 37.4 Å². The number of hydrazone groups is 1. The molecule has 0 aromatic heterocycles. The minimum Gasteiger partial charge on any atom is -0.325 e. The normalized spacial score (nSPS) is 23.5. The lowest BCUT2D eigenvalue weighted by Crippen LogP contribution is -2.54. The van der Waals surface area contributed by atoms with Crippen LogP contribution in [0.25, 0.3) is 0 Å². The third kappa shape index (κ3) is 4.08. The maximum Gasteiger partial charge on any atom is 0.234 e. The van der Waals surface area contributed by atoms with Gasteiger partial charge in [-0.25, -0.2) is 5.43 Å². The molecule has 3 aliphatic rings. The van der Waals surface area contributed by atoms with E-state index >= 15 is 0 Å². The van der Waals surface area contributed by atoms with Gasteiger partial charge >= 0.3 is 0 Å². The molecule has 1 amide bonds. The molecular formula is C24H28N6OS. The summed E-state index contributed by atoms with van der Waals surface area (Å²) in [7, 11) is 0. The Labute approximate surface area is 192 Å². The molecule has 0 radical (unpaired) electrons. The molecule has 0 aliphatic carbocycles. The van der Waals surface area contributed by atoms with E-state index in [9.17, 15) is 4.79 Å². The number of aryl methyl sites for hydroxylation is 3. The van der Waals surface area contributed by atoms with Crippen LogP contribution in [-0.2, 0) is 4.79 Å². The molecule has 7 nitrogen and oxygen atoms in total. The van der Waals surface area contributed by atoms with Crippen LogP contribution in [0.1, 0.15) is 34.7 Å². The Bertz CT molecular complexity index is 1100. The monoisotopic (exact) mass is 448 g/mol. The minimum absolute atomic E-state index is 0.0355. The van der Waals surface area contributed by atoms with Crippen LogP contribution in [-0.4, -0.2) is 38.9 Å². The molecule has 3 aliphatic heterocycles. The van der Waals surface area contributed by atoms with Gasteiger partial charge < -0.3 is 15.2 Å². The maximum atomic E-state index is 12.4. The molecule has 3 N–H and O–H groups in total. The van der Waals surface area contributed by atoms with Crippen molar-refractivity contribution >= 4 is 28.5 Å². The second-order valence-electron chi connectivity index (χ2n) is 8.62. The molecule has 3 unspecified atom stereocenters. The number of anilines is 1. The van der Waals surface area contributed by atoms with E-state index in [-0.39, 0.29) is 24.2 Å². The van der Waals surface area contributed by atoms with Gasteiger partial charge in [0.05, 0.1) is 17.8 Å². The first-order valence-electron chi connectivity index (χ1n) is 10.9. The minimum atomic E-state index is -0.0355. The lowest BCUT2D eigenvalue weighted by atomic mass is 9.97. The zero-order valence-corrected chi connectivity index (χ0v) is 19.3. The number of amides is 1. The van der Waals surface area contributed by atoms with E-state index in [1.165, 1.54) is 28.5 Å². The third-order valence-electron chi connectivity index (χ3n) is 6.27. The van der Waals surface area contributed by atoms with E-state index < -0.39 is 0 Å². The van der Waals surface area contributed by atoms with Crippen LogP contribution in [0.15, 0.2) is 60.0 Å². The van der Waals surface area contributed by atoms with Gasteiger partial charge in [0.2, 0.25) is 5.91 Å². The molecule has 0 spiro atoms. The highest BCUT2D eigenvalue weighted by atomic mass is 32.2. The summed E-state index contributed by atoms with van der Waals surface area (Å²) >= 11 is 1.45. The summed E-state index contributed by atoms with van der Waals surface area (Å²) in [6.45, 7) is 6.32. The van der Waals surface area contributed by atoms with E-state index in [1.54, 1.807) is 0 Å². The SMILES string of the molecule is Cc1cccc(NC(=O)CSC2=NNC3C4CC(c5ccc(C)c(C)c5)NN4C=CN23)c1. The summed E-state index contributed by atoms with van der Waals surface area (Å²) in [6, 6.07) is 15.0. The molecule has 0 saturated carbocycles. The lowest BCUT2D eigenvalue weighted by molar-refractivity contribution is -0.113. The molecule has 2 aromatic carbocycles. The summed E-state index contributed by atoms with van der Waals surface area (Å²) in [4.78, 5) is 14.5. The van der Waals surface area contributed by atoms with Crippen molar-refractivity contribution in [3.05, 3.63) is 77.1 Å². The van der Waals surface area contributed by atoms with Crippen LogP contribution in [0, 0.1) is 20.8 Å². The van der Waals surface area contributed by atoms with E-state index in [0.717, 1.165) is 22.8 Å². The predicted octanol–water partition coefficient (Wildman–Crippen LogP) is 3.59. The molecule has 2 aromatic rings. The number of thioether (sulfide) groups is 1. The Hall–Kier alpha value is -2.97. The van der Waals surface area contributed by atoms with Gasteiger partial charge in [0, 0.05) is 18.1 Å². The zero-order chi connectivity index (χ0) is 22.2. The number of nitrogens with one attached hydrogen (secondary N) is 3. The van der Waals surface area contributed by atoms with Crippen LogP contribution >= 0.6 is 11.8 Å². The van der Waals surface area contributed by atoms with E-state index in [4.69, 9.17) is 0 Å². The largest absolute Gasteiger partial charge is 0.325 e. The summed E-state index contributed by atoms with van der Waals surface area (Å²) in [6.07, 6.45) is 5.12. The first-order chi connectivity index (χ1) is 15.5. The van der Waals surface area contributed by atoms with Crippen molar-refractivity contribution in [1.29, 1.82) is 0 Å². The topological polar surface area (TPSA) is 72.0 Å². The molecule has 3 heterocycles. The van der Waals surface area contributed by atoms with Crippen molar-refractivity contribution in [3.8, 4) is 0 Å². The van der Waals surface area contributed by atoms with Gasteiger partial charge in [0.1, 0.15) is 6.17 Å². The molecule has 32 heavy (non-hydrogen) atoms. The maximum absolute atomic E-state index is 12.4. The first-order valence-corrected chi connectivity index (χ1v) is 11.9. The molecule has 1 fully saturated rings. The van der Waals surface area contributed by atoms with Gasteiger partial charge in [-0.3, -0.25) is 10.2 Å². The predicted molar refractivity (Wildman–Crippen MR) is 130 cm³/mol. The summed E-state index contributed by atoms with van der Waals surface area (Å²) in [5, 5.41) is 10.5. The fourth-order valence-electron chi connectivity index (χ4n) is 4.40. The number of fused-ring (bicyclic) bond motifs is 3. The van der Waals surface area contributed by atoms with Crippen LogP contribution in [0.2, 0.25) is 0 Å². The zero-order valence-electron chi connectivity index (χ0n) is 18.5. The smallest absolute Gasteiger partial charge is 0.234 e. The summed E-state index contributed by atoms with van der Waals surface area (Å²) < 4.78 is 0. The number of carbonyl (C=O) groups excluding carboxylic acids is 1. The van der Waals surface area contributed by atoms with Crippen LogP contribution in [0.5, 0.6) is 0 Å². The number of rotatable bonds is 4. The second-order valence-corrected chi connectivity index (χ2v) is 9.56. The van der Waals surface area contributed by atoms with Crippen molar-refractivity contribution in [1.82, 2.24) is 20.8 Å². The number of carbonyl (C=O) groups is 1. The molecule has 0 bridgehead atoms. The average Bonchev–Trinajstić information content (AvgIpc) is 3.38. The Kier molecular flexibility index (Phi) is 5.57. The highest BCUT2D eigenvalue weighted by Crippen LogP contribution is 2.35. The number of nitrogens with zero attached hydrogens (tertiary/aromatic N) is 3. The van der Waals surface area contributed by atoms with Gasteiger partial charge in [0.15, 0.2) is 5.17 Å². The lowest BCUT2D eigenvalue weighted by Gasteiger charge is -2.36. The van der Waals surface area contributed by atoms with Gasteiger partial charge in [-0.2, -0.15) is 5.10 Å². The van der Waals surface area contributed by atoms with Crippen LogP contribution in [0.3, 0.4) is 0 Å². The summed E-state index contributed by atoms with van der Waals surface area (Å²) in [5.41, 5.74) is 12.8. The van der Waals surface area contributed by atoms with E-state index in [2.05, 4.69) is 69.4 Å².